The molecule has 0 unspecified atom stereocenters. The van der Waals surface area contributed by atoms with Gasteiger partial charge < -0.3 is 4.90 Å². The van der Waals surface area contributed by atoms with Gasteiger partial charge in [-0.2, -0.15) is 0 Å². The smallest absolute Gasteiger partial charge is 0.276 e. The zero-order valence-electron chi connectivity index (χ0n) is 17.2. The van der Waals surface area contributed by atoms with E-state index in [2.05, 4.69) is 44.5 Å². The number of fused-ring (bicyclic) bond motifs is 1. The van der Waals surface area contributed by atoms with Gasteiger partial charge in [-0.05, 0) is 50.9 Å². The minimum Gasteiger partial charge on any atom is -0.338 e. The maximum atomic E-state index is 12.5. The predicted octanol–water partition coefficient (Wildman–Crippen LogP) is 3.15. The van der Waals surface area contributed by atoms with Gasteiger partial charge in [-0.25, -0.2) is 4.68 Å². The Morgan fingerprint density at radius 3 is 2.93 bits per heavy atom. The largest absolute Gasteiger partial charge is 0.338 e. The van der Waals surface area contributed by atoms with Crippen molar-refractivity contribution in [1.82, 2.24) is 29.8 Å². The number of nitrogens with zero attached hydrogens (tertiary/aromatic N) is 6. The number of carbonyl (C=O) groups excluding carboxylic acids is 1. The number of benzene rings is 1. The summed E-state index contributed by atoms with van der Waals surface area (Å²) in [5.74, 6) is -0.0439. The van der Waals surface area contributed by atoms with Crippen LogP contribution in [0, 0.1) is 0 Å². The van der Waals surface area contributed by atoms with Crippen LogP contribution >= 0.6 is 0 Å². The fourth-order valence-corrected chi connectivity index (χ4v) is 4.09. The van der Waals surface area contributed by atoms with E-state index >= 15 is 0 Å². The number of likely N-dealkylation sites (tertiary alicyclic amines) is 1. The number of rotatable bonds is 6. The predicted molar refractivity (Wildman–Crippen MR) is 113 cm³/mol. The van der Waals surface area contributed by atoms with Crippen LogP contribution in [0.5, 0.6) is 0 Å². The highest BCUT2D eigenvalue weighted by Crippen LogP contribution is 2.23. The summed E-state index contributed by atoms with van der Waals surface area (Å²) in [5.41, 5.74) is 2.74. The second-order valence-corrected chi connectivity index (χ2v) is 7.62. The standard InChI is InChI=1S/C22H28N6O/c1-3-27(4-2)22(29)21-16-28(25-24-21)19-8-6-12-26(15-19)14-17-9-10-18-7-5-11-23-20(18)13-17/h5,7,9-11,13,16,19H,3-4,6,8,12,14-15H2,1-2H3/t19-/m0/s1. The van der Waals surface area contributed by atoms with Crippen LogP contribution in [0.1, 0.15) is 48.8 Å². The number of carbonyl (C=O) groups is 1. The molecule has 1 amide bonds. The van der Waals surface area contributed by atoms with Gasteiger partial charge in [0.25, 0.3) is 5.91 Å². The highest BCUT2D eigenvalue weighted by molar-refractivity contribution is 5.91. The van der Waals surface area contributed by atoms with E-state index in [0.717, 1.165) is 38.0 Å². The first-order valence-corrected chi connectivity index (χ1v) is 10.4. The fraction of sp³-hybridized carbons (Fsp3) is 0.455. The van der Waals surface area contributed by atoms with Gasteiger partial charge in [0.15, 0.2) is 5.69 Å². The third-order valence-electron chi connectivity index (χ3n) is 5.71. The Labute approximate surface area is 171 Å². The van der Waals surface area contributed by atoms with Crippen molar-refractivity contribution >= 4 is 16.8 Å². The van der Waals surface area contributed by atoms with E-state index in [1.165, 1.54) is 10.9 Å². The molecule has 7 nitrogen and oxygen atoms in total. The third kappa shape index (κ3) is 4.29. The number of pyridine rings is 1. The summed E-state index contributed by atoms with van der Waals surface area (Å²) < 4.78 is 1.88. The summed E-state index contributed by atoms with van der Waals surface area (Å²) in [6.07, 6.45) is 5.81. The molecule has 0 spiro atoms. The average molecular weight is 393 g/mol. The van der Waals surface area contributed by atoms with E-state index in [1.807, 2.05) is 37.0 Å². The maximum Gasteiger partial charge on any atom is 0.276 e. The van der Waals surface area contributed by atoms with Gasteiger partial charge in [0.1, 0.15) is 0 Å². The molecule has 0 aliphatic carbocycles. The van der Waals surface area contributed by atoms with Crippen LogP contribution in [0.15, 0.2) is 42.7 Å². The molecule has 1 aliphatic heterocycles. The molecule has 29 heavy (non-hydrogen) atoms. The molecule has 152 valence electrons. The number of piperidine rings is 1. The van der Waals surface area contributed by atoms with Crippen LogP contribution in [-0.4, -0.2) is 61.9 Å². The van der Waals surface area contributed by atoms with Gasteiger partial charge in [-0.15, -0.1) is 5.10 Å². The summed E-state index contributed by atoms with van der Waals surface area (Å²) in [4.78, 5) is 21.2. The van der Waals surface area contributed by atoms with E-state index in [9.17, 15) is 4.79 Å². The van der Waals surface area contributed by atoms with Gasteiger partial charge in [-0.3, -0.25) is 14.7 Å². The molecule has 0 bridgehead atoms. The molecular weight excluding hydrogens is 364 g/mol. The van der Waals surface area contributed by atoms with Gasteiger partial charge in [-0.1, -0.05) is 23.4 Å². The Hall–Kier alpha value is -2.80. The Morgan fingerprint density at radius 2 is 2.10 bits per heavy atom. The van der Waals surface area contributed by atoms with Gasteiger partial charge >= 0.3 is 0 Å². The van der Waals surface area contributed by atoms with Crippen molar-refractivity contribution in [3.63, 3.8) is 0 Å². The molecule has 1 atom stereocenters. The molecule has 1 aromatic carbocycles. The van der Waals surface area contributed by atoms with Crippen LogP contribution in [0.25, 0.3) is 10.9 Å². The Kier molecular flexibility index (Phi) is 5.85. The van der Waals surface area contributed by atoms with E-state index in [-0.39, 0.29) is 11.9 Å². The minimum absolute atomic E-state index is 0.0439. The summed E-state index contributed by atoms with van der Waals surface area (Å²) in [6, 6.07) is 10.8. The summed E-state index contributed by atoms with van der Waals surface area (Å²) in [5, 5.41) is 9.59. The molecule has 3 heterocycles. The third-order valence-corrected chi connectivity index (χ3v) is 5.71. The lowest BCUT2D eigenvalue weighted by Gasteiger charge is -2.32. The summed E-state index contributed by atoms with van der Waals surface area (Å²) >= 11 is 0. The van der Waals surface area contributed by atoms with Crippen LogP contribution in [0.4, 0.5) is 0 Å². The number of amides is 1. The molecule has 0 N–H and O–H groups in total. The van der Waals surface area contributed by atoms with Crippen molar-refractivity contribution in [1.29, 1.82) is 0 Å². The molecule has 0 saturated carbocycles. The van der Waals surface area contributed by atoms with Gasteiger partial charge in [0.2, 0.25) is 0 Å². The topological polar surface area (TPSA) is 67.2 Å². The first-order valence-electron chi connectivity index (χ1n) is 10.4. The highest BCUT2D eigenvalue weighted by atomic mass is 16.2. The van der Waals surface area contributed by atoms with E-state index in [4.69, 9.17) is 0 Å². The number of aromatic nitrogens is 4. The molecule has 4 rings (SSSR count). The van der Waals surface area contributed by atoms with Crippen molar-refractivity contribution < 1.29 is 4.79 Å². The van der Waals surface area contributed by atoms with Crippen molar-refractivity contribution in [2.45, 2.75) is 39.3 Å². The SMILES string of the molecule is CCN(CC)C(=O)c1cn([C@H]2CCCN(Cc3ccc4cccnc4c3)C2)nn1. The Balaban J connectivity index is 1.43. The molecule has 2 aromatic heterocycles. The zero-order valence-corrected chi connectivity index (χ0v) is 17.2. The molecular formula is C22H28N6O. The molecule has 1 aliphatic rings. The zero-order chi connectivity index (χ0) is 20.2. The fourth-order valence-electron chi connectivity index (χ4n) is 4.09. The first kappa shape index (κ1) is 19.5. The normalized spacial score (nSPS) is 17.5. The summed E-state index contributed by atoms with van der Waals surface area (Å²) in [6.45, 7) is 8.18. The average Bonchev–Trinajstić information content (AvgIpc) is 3.25. The van der Waals surface area contributed by atoms with E-state index in [1.54, 1.807) is 4.90 Å². The van der Waals surface area contributed by atoms with Crippen molar-refractivity contribution in [3.05, 3.63) is 54.0 Å². The van der Waals surface area contributed by atoms with Crippen LogP contribution in [0.2, 0.25) is 0 Å². The van der Waals surface area contributed by atoms with Crippen LogP contribution in [-0.2, 0) is 6.54 Å². The Bertz CT molecular complexity index is 980. The minimum atomic E-state index is -0.0439. The highest BCUT2D eigenvalue weighted by Gasteiger charge is 2.24. The van der Waals surface area contributed by atoms with E-state index in [0.29, 0.717) is 18.8 Å². The molecule has 0 radical (unpaired) electrons. The number of hydrogen-bond donors (Lipinski definition) is 0. The molecule has 1 saturated heterocycles. The second-order valence-electron chi connectivity index (χ2n) is 7.62. The van der Waals surface area contributed by atoms with Crippen molar-refractivity contribution in [2.24, 2.45) is 0 Å². The monoisotopic (exact) mass is 392 g/mol. The lowest BCUT2D eigenvalue weighted by atomic mass is 10.0. The quantitative estimate of drug-likeness (QED) is 0.645. The van der Waals surface area contributed by atoms with Crippen LogP contribution in [0.3, 0.4) is 0 Å². The van der Waals surface area contributed by atoms with Crippen LogP contribution < -0.4 is 0 Å². The first-order chi connectivity index (χ1) is 14.2. The molecule has 1 fully saturated rings. The lowest BCUT2D eigenvalue weighted by Crippen LogP contribution is -2.36. The maximum absolute atomic E-state index is 12.5. The molecule has 3 aromatic rings. The van der Waals surface area contributed by atoms with E-state index < -0.39 is 0 Å². The Morgan fingerprint density at radius 1 is 1.24 bits per heavy atom. The van der Waals surface area contributed by atoms with Gasteiger partial charge in [0.05, 0.1) is 17.8 Å². The lowest BCUT2D eigenvalue weighted by molar-refractivity contribution is 0.0767. The van der Waals surface area contributed by atoms with Gasteiger partial charge in [0, 0.05) is 37.8 Å². The van der Waals surface area contributed by atoms with Crippen molar-refractivity contribution in [3.8, 4) is 0 Å². The number of hydrogen-bond acceptors (Lipinski definition) is 5. The molecule has 7 heteroatoms. The van der Waals surface area contributed by atoms with Crippen molar-refractivity contribution in [2.75, 3.05) is 26.2 Å². The summed E-state index contributed by atoms with van der Waals surface area (Å²) in [7, 11) is 0. The second kappa shape index (κ2) is 8.69.